The fraction of sp³-hybridized carbons (Fsp3) is 0.462. The normalized spacial score (nSPS) is 17.6. The first-order valence-corrected chi connectivity index (χ1v) is 11.8. The average molecular weight is 456 g/mol. The number of nitrogens with one attached hydrogen (secondary N) is 1. The Morgan fingerprint density at radius 2 is 1.48 bits per heavy atom. The molecule has 0 unspecified atom stereocenters. The number of amides is 3. The van der Waals surface area contributed by atoms with E-state index in [4.69, 9.17) is 0 Å². The first-order valence-electron chi connectivity index (χ1n) is 11.8. The molecule has 1 aliphatic carbocycles. The van der Waals surface area contributed by atoms with Crippen LogP contribution in [0.2, 0.25) is 0 Å². The fourth-order valence-electron chi connectivity index (χ4n) is 4.93. The monoisotopic (exact) mass is 455 g/mol. The molecule has 7 heteroatoms. The van der Waals surface area contributed by atoms with Gasteiger partial charge >= 0.3 is 6.03 Å². The maximum atomic E-state index is 13.5. The number of hydrogen-bond donors (Lipinski definition) is 1. The first-order chi connectivity index (χ1) is 15.9. The number of carbonyl (C=O) groups excluding carboxylic acids is 2. The van der Waals surface area contributed by atoms with Crippen LogP contribution in [0.15, 0.2) is 42.5 Å². The largest absolute Gasteiger partial charge is 0.342 e. The Kier molecular flexibility index (Phi) is 7.26. The third kappa shape index (κ3) is 5.70. The van der Waals surface area contributed by atoms with Crippen LogP contribution in [0, 0.1) is 17.6 Å². The van der Waals surface area contributed by atoms with Crippen LogP contribution in [0.1, 0.15) is 44.9 Å². The minimum atomic E-state index is -0.629. The molecule has 1 N–H and O–H groups in total. The van der Waals surface area contributed by atoms with Crippen LogP contribution < -0.4 is 5.32 Å². The number of anilines is 1. The van der Waals surface area contributed by atoms with E-state index < -0.39 is 11.6 Å². The van der Waals surface area contributed by atoms with Gasteiger partial charge in [0, 0.05) is 43.9 Å². The Bertz CT molecular complexity index is 961. The van der Waals surface area contributed by atoms with E-state index >= 15 is 0 Å². The average Bonchev–Trinajstić information content (AvgIpc) is 2.83. The van der Waals surface area contributed by atoms with Gasteiger partial charge in [-0.15, -0.1) is 0 Å². The van der Waals surface area contributed by atoms with Crippen molar-refractivity contribution in [1.29, 1.82) is 0 Å². The van der Waals surface area contributed by atoms with Gasteiger partial charge in [0.05, 0.1) is 0 Å². The third-order valence-electron chi connectivity index (χ3n) is 6.93. The Morgan fingerprint density at radius 1 is 0.879 bits per heavy atom. The minimum Gasteiger partial charge on any atom is -0.342 e. The summed E-state index contributed by atoms with van der Waals surface area (Å²) in [7, 11) is 1.78. The molecule has 1 saturated carbocycles. The van der Waals surface area contributed by atoms with Crippen LogP contribution in [0.5, 0.6) is 0 Å². The van der Waals surface area contributed by atoms with Gasteiger partial charge in [-0.2, -0.15) is 0 Å². The highest BCUT2D eigenvalue weighted by Gasteiger charge is 2.31. The minimum absolute atomic E-state index is 0.0787. The summed E-state index contributed by atoms with van der Waals surface area (Å²) >= 11 is 0. The third-order valence-corrected chi connectivity index (χ3v) is 6.93. The lowest BCUT2D eigenvalue weighted by Crippen LogP contribution is -2.49. The van der Waals surface area contributed by atoms with Gasteiger partial charge in [-0.25, -0.2) is 13.6 Å². The molecular weight excluding hydrogens is 424 g/mol. The SMILES string of the molecule is CN(C(=O)Nc1ccc(-c2cc(F)cc(F)c2)cc1)C1CCN(C(=O)C2CCCCC2)CC1. The molecular formula is C26H31F2N3O2. The van der Waals surface area contributed by atoms with Crippen LogP contribution in [0.3, 0.4) is 0 Å². The van der Waals surface area contributed by atoms with Crippen LogP contribution in [0.4, 0.5) is 19.3 Å². The van der Waals surface area contributed by atoms with E-state index in [9.17, 15) is 18.4 Å². The van der Waals surface area contributed by atoms with Crippen molar-refractivity contribution in [2.24, 2.45) is 5.92 Å². The molecule has 0 radical (unpaired) electrons. The zero-order valence-electron chi connectivity index (χ0n) is 19.0. The molecule has 2 aliphatic rings. The summed E-state index contributed by atoms with van der Waals surface area (Å²) in [5.41, 5.74) is 1.71. The maximum Gasteiger partial charge on any atom is 0.321 e. The van der Waals surface area contributed by atoms with E-state index in [1.54, 1.807) is 36.2 Å². The number of benzene rings is 2. The van der Waals surface area contributed by atoms with E-state index in [2.05, 4.69) is 5.32 Å². The molecule has 0 bridgehead atoms. The quantitative estimate of drug-likeness (QED) is 0.646. The molecule has 2 aromatic rings. The Hall–Kier alpha value is -2.96. The topological polar surface area (TPSA) is 52.7 Å². The van der Waals surface area contributed by atoms with Crippen molar-refractivity contribution < 1.29 is 18.4 Å². The zero-order valence-corrected chi connectivity index (χ0v) is 19.0. The standard InChI is InChI=1S/C26H31F2N3O2/c1-30(24-11-13-31(14-12-24)25(32)19-5-3-2-4-6-19)26(33)29-23-9-7-18(8-10-23)20-15-21(27)17-22(28)16-20/h7-10,15-17,19,24H,2-6,11-14H2,1H3,(H,29,33). The molecule has 4 rings (SSSR count). The second kappa shape index (κ2) is 10.3. The van der Waals surface area contributed by atoms with Crippen molar-refractivity contribution in [2.75, 3.05) is 25.5 Å². The summed E-state index contributed by atoms with van der Waals surface area (Å²) in [4.78, 5) is 29.2. The second-order valence-electron chi connectivity index (χ2n) is 9.17. The number of nitrogens with zero attached hydrogens (tertiary/aromatic N) is 2. The molecule has 33 heavy (non-hydrogen) atoms. The van der Waals surface area contributed by atoms with Gasteiger partial charge in [0.25, 0.3) is 0 Å². The van der Waals surface area contributed by atoms with E-state index in [1.807, 2.05) is 4.90 Å². The number of halogens is 2. The number of carbonyl (C=O) groups is 2. The summed E-state index contributed by atoms with van der Waals surface area (Å²) < 4.78 is 26.9. The molecule has 2 fully saturated rings. The van der Waals surface area contributed by atoms with Crippen LogP contribution >= 0.6 is 0 Å². The van der Waals surface area contributed by atoms with Crippen molar-refractivity contribution in [3.8, 4) is 11.1 Å². The highest BCUT2D eigenvalue weighted by molar-refractivity contribution is 5.89. The lowest BCUT2D eigenvalue weighted by molar-refractivity contribution is -0.137. The molecule has 5 nitrogen and oxygen atoms in total. The summed E-state index contributed by atoms with van der Waals surface area (Å²) in [6.07, 6.45) is 7.09. The van der Waals surface area contributed by atoms with E-state index in [1.165, 1.54) is 18.6 Å². The molecule has 0 atom stereocenters. The predicted molar refractivity (Wildman–Crippen MR) is 125 cm³/mol. The second-order valence-corrected chi connectivity index (χ2v) is 9.17. The predicted octanol–water partition coefficient (Wildman–Crippen LogP) is 5.67. The molecule has 2 aromatic carbocycles. The molecule has 1 heterocycles. The number of likely N-dealkylation sites (tertiary alicyclic amines) is 1. The summed E-state index contributed by atoms with van der Waals surface area (Å²) in [6.45, 7) is 1.38. The molecule has 0 aromatic heterocycles. The number of piperidine rings is 1. The molecule has 0 spiro atoms. The summed E-state index contributed by atoms with van der Waals surface area (Å²) in [5.74, 6) is -0.785. The van der Waals surface area contributed by atoms with Crippen molar-refractivity contribution in [2.45, 2.75) is 51.0 Å². The molecule has 3 amide bonds. The summed E-state index contributed by atoms with van der Waals surface area (Å²) in [5, 5.41) is 2.88. The van der Waals surface area contributed by atoms with Gasteiger partial charge in [0.15, 0.2) is 0 Å². The Morgan fingerprint density at radius 3 is 2.09 bits per heavy atom. The van der Waals surface area contributed by atoms with Crippen molar-refractivity contribution in [3.63, 3.8) is 0 Å². The van der Waals surface area contributed by atoms with Gasteiger partial charge in [0.1, 0.15) is 11.6 Å². The van der Waals surface area contributed by atoms with Crippen molar-refractivity contribution >= 4 is 17.6 Å². The molecule has 176 valence electrons. The highest BCUT2D eigenvalue weighted by Crippen LogP contribution is 2.28. The smallest absolute Gasteiger partial charge is 0.321 e. The molecule has 1 saturated heterocycles. The number of urea groups is 1. The van der Waals surface area contributed by atoms with Gasteiger partial charge in [-0.05, 0) is 61.1 Å². The van der Waals surface area contributed by atoms with Crippen molar-refractivity contribution in [1.82, 2.24) is 9.80 Å². The van der Waals surface area contributed by atoms with E-state index in [0.29, 0.717) is 35.8 Å². The first kappa shape index (κ1) is 23.2. The van der Waals surface area contributed by atoms with E-state index in [-0.39, 0.29) is 18.0 Å². The van der Waals surface area contributed by atoms with Crippen LogP contribution in [-0.2, 0) is 4.79 Å². The fourth-order valence-corrected chi connectivity index (χ4v) is 4.93. The zero-order chi connectivity index (χ0) is 23.4. The number of rotatable bonds is 4. The highest BCUT2D eigenvalue weighted by atomic mass is 19.1. The van der Waals surface area contributed by atoms with Gasteiger partial charge in [0.2, 0.25) is 5.91 Å². The van der Waals surface area contributed by atoms with Gasteiger partial charge in [-0.1, -0.05) is 31.4 Å². The van der Waals surface area contributed by atoms with Gasteiger partial charge < -0.3 is 15.1 Å². The summed E-state index contributed by atoms with van der Waals surface area (Å²) in [6, 6.07) is 10.1. The molecule has 1 aliphatic heterocycles. The number of hydrogen-bond acceptors (Lipinski definition) is 2. The lowest BCUT2D eigenvalue weighted by atomic mass is 9.87. The maximum absolute atomic E-state index is 13.5. The Labute approximate surface area is 193 Å². The van der Waals surface area contributed by atoms with E-state index in [0.717, 1.165) is 44.6 Å². The van der Waals surface area contributed by atoms with Crippen LogP contribution in [-0.4, -0.2) is 47.9 Å². The lowest BCUT2D eigenvalue weighted by Gasteiger charge is -2.38. The van der Waals surface area contributed by atoms with Crippen LogP contribution in [0.25, 0.3) is 11.1 Å². The van der Waals surface area contributed by atoms with Gasteiger partial charge in [-0.3, -0.25) is 4.79 Å². The van der Waals surface area contributed by atoms with Crippen molar-refractivity contribution in [3.05, 3.63) is 54.1 Å². The Balaban J connectivity index is 1.29.